The van der Waals surface area contributed by atoms with Crippen molar-refractivity contribution in [1.82, 2.24) is 0 Å². The van der Waals surface area contributed by atoms with Crippen molar-refractivity contribution in [2.75, 3.05) is 10.8 Å². The molecule has 0 unspecified atom stereocenters. The zero-order valence-electron chi connectivity index (χ0n) is 12.9. The van der Waals surface area contributed by atoms with Crippen molar-refractivity contribution in [1.29, 1.82) is 0 Å². The van der Waals surface area contributed by atoms with E-state index in [0.29, 0.717) is 5.56 Å². The van der Waals surface area contributed by atoms with Crippen LogP contribution in [0.5, 0.6) is 0 Å². The average molecular weight is 384 g/mol. The fraction of sp³-hybridized carbons (Fsp3) is 0.176. The topological polar surface area (TPSA) is 68.3 Å². The molecule has 0 saturated heterocycles. The maximum Gasteiger partial charge on any atom is 0.231 e. The monoisotopic (exact) mass is 384 g/mol. The summed E-state index contributed by atoms with van der Waals surface area (Å²) in [6.45, 7) is 0. The summed E-state index contributed by atoms with van der Waals surface area (Å²) in [6, 6.07) is 10.1. The van der Waals surface area contributed by atoms with Gasteiger partial charge in [-0.3, -0.25) is 0 Å². The SMILES string of the molecule is O=S(=O)(C#Cc1ccc(F)cc1)CS(=O)(=O)CCc1ccc(F)cc1. The molecule has 0 N–H and O–H groups in total. The molecule has 0 aliphatic heterocycles. The smallest absolute Gasteiger partial charge is 0.228 e. The van der Waals surface area contributed by atoms with Crippen molar-refractivity contribution >= 4 is 19.7 Å². The van der Waals surface area contributed by atoms with Gasteiger partial charge >= 0.3 is 0 Å². The molecule has 25 heavy (non-hydrogen) atoms. The number of aryl methyl sites for hydroxylation is 1. The molecule has 0 heterocycles. The average Bonchev–Trinajstić information content (AvgIpc) is 2.53. The van der Waals surface area contributed by atoms with Crippen molar-refractivity contribution in [2.24, 2.45) is 0 Å². The Morgan fingerprint density at radius 2 is 1.32 bits per heavy atom. The maximum absolute atomic E-state index is 12.8. The van der Waals surface area contributed by atoms with E-state index in [1.807, 2.05) is 5.25 Å². The van der Waals surface area contributed by atoms with Crippen LogP contribution in [0.1, 0.15) is 11.1 Å². The van der Waals surface area contributed by atoms with Crippen molar-refractivity contribution < 1.29 is 25.6 Å². The minimum Gasteiger partial charge on any atom is -0.228 e. The van der Waals surface area contributed by atoms with Gasteiger partial charge in [-0.2, -0.15) is 0 Å². The number of benzene rings is 2. The van der Waals surface area contributed by atoms with E-state index < -0.39 is 42.1 Å². The lowest BCUT2D eigenvalue weighted by Gasteiger charge is -2.03. The number of sulfone groups is 2. The van der Waals surface area contributed by atoms with Gasteiger partial charge < -0.3 is 0 Å². The summed E-state index contributed by atoms with van der Waals surface area (Å²) in [5.74, 6) is 0.983. The molecule has 8 heteroatoms. The molecule has 2 aromatic carbocycles. The van der Waals surface area contributed by atoms with E-state index in [1.54, 1.807) is 0 Å². The van der Waals surface area contributed by atoms with E-state index in [4.69, 9.17) is 0 Å². The van der Waals surface area contributed by atoms with Crippen LogP contribution in [0.2, 0.25) is 0 Å². The van der Waals surface area contributed by atoms with E-state index in [2.05, 4.69) is 5.92 Å². The van der Waals surface area contributed by atoms with Gasteiger partial charge in [0, 0.05) is 10.8 Å². The number of halogens is 2. The van der Waals surface area contributed by atoms with Crippen LogP contribution in [0, 0.1) is 22.8 Å². The highest BCUT2D eigenvalue weighted by molar-refractivity contribution is 8.10. The first-order chi connectivity index (χ1) is 11.7. The molecule has 0 fully saturated rings. The lowest BCUT2D eigenvalue weighted by molar-refractivity contribution is 0.592. The largest absolute Gasteiger partial charge is 0.231 e. The van der Waals surface area contributed by atoms with Gasteiger partial charge in [0.15, 0.2) is 14.9 Å². The second-order valence-electron chi connectivity index (χ2n) is 5.29. The Labute approximate surface area is 145 Å². The Kier molecular flexibility index (Phi) is 5.93. The van der Waals surface area contributed by atoms with Crippen LogP contribution in [0.4, 0.5) is 8.78 Å². The molecular formula is C17H14F2O4S2. The lowest BCUT2D eigenvalue weighted by atomic mass is 10.2. The van der Waals surface area contributed by atoms with Crippen LogP contribution in [0.25, 0.3) is 0 Å². The van der Waals surface area contributed by atoms with Gasteiger partial charge in [0.25, 0.3) is 0 Å². The Morgan fingerprint density at radius 1 is 0.800 bits per heavy atom. The zero-order valence-corrected chi connectivity index (χ0v) is 14.6. The molecule has 132 valence electrons. The Hall–Kier alpha value is -2.24. The highest BCUT2D eigenvalue weighted by Gasteiger charge is 2.20. The van der Waals surface area contributed by atoms with Gasteiger partial charge in [-0.25, -0.2) is 25.6 Å². The summed E-state index contributed by atoms with van der Waals surface area (Å²) < 4.78 is 73.2. The summed E-state index contributed by atoms with van der Waals surface area (Å²) in [7, 11) is -8.06. The van der Waals surface area contributed by atoms with Crippen LogP contribution in [0.15, 0.2) is 48.5 Å². The van der Waals surface area contributed by atoms with Gasteiger partial charge in [-0.05, 0) is 54.3 Å². The van der Waals surface area contributed by atoms with Crippen LogP contribution in [-0.4, -0.2) is 27.7 Å². The molecule has 0 spiro atoms. The Bertz CT molecular complexity index is 999. The fourth-order valence-corrected chi connectivity index (χ4v) is 5.34. The van der Waals surface area contributed by atoms with Gasteiger partial charge in [0.05, 0.1) is 5.75 Å². The molecule has 0 bridgehead atoms. The first-order valence-corrected chi connectivity index (χ1v) is 10.6. The summed E-state index contributed by atoms with van der Waals surface area (Å²) in [5, 5.41) is 0.826. The van der Waals surface area contributed by atoms with Crippen molar-refractivity contribution in [2.45, 2.75) is 6.42 Å². The van der Waals surface area contributed by atoms with E-state index >= 15 is 0 Å². The second kappa shape index (κ2) is 7.76. The standard InChI is InChI=1S/C17H14F2O4S2/c18-16-5-1-14(2-6-16)9-11-24(20,21)13-25(22,23)12-10-15-3-7-17(19)8-4-15/h1-8H,9,11,13H2. The predicted octanol–water partition coefficient (Wildman–Crippen LogP) is 2.30. The minimum absolute atomic E-state index is 0.0729. The summed E-state index contributed by atoms with van der Waals surface area (Å²) >= 11 is 0. The Morgan fingerprint density at radius 3 is 1.88 bits per heavy atom. The highest BCUT2D eigenvalue weighted by Crippen LogP contribution is 2.07. The fourth-order valence-electron chi connectivity index (χ4n) is 1.92. The molecule has 2 aromatic rings. The molecule has 0 aliphatic carbocycles. The molecule has 4 nitrogen and oxygen atoms in total. The quantitative estimate of drug-likeness (QED) is 0.742. The molecule has 2 rings (SSSR count). The number of hydrogen-bond donors (Lipinski definition) is 0. The Balaban J connectivity index is 2.03. The van der Waals surface area contributed by atoms with E-state index in [9.17, 15) is 25.6 Å². The number of hydrogen-bond acceptors (Lipinski definition) is 4. The predicted molar refractivity (Wildman–Crippen MR) is 91.0 cm³/mol. The molecule has 0 aromatic heterocycles. The van der Waals surface area contributed by atoms with Crippen LogP contribution < -0.4 is 0 Å². The number of rotatable bonds is 5. The summed E-state index contributed by atoms with van der Waals surface area (Å²) in [5.41, 5.74) is 0.841. The summed E-state index contributed by atoms with van der Waals surface area (Å²) in [4.78, 5) is 0. The maximum atomic E-state index is 12.8. The normalized spacial score (nSPS) is 11.6. The van der Waals surface area contributed by atoms with E-state index in [0.717, 1.165) is 12.1 Å². The van der Waals surface area contributed by atoms with Crippen molar-refractivity contribution in [3.63, 3.8) is 0 Å². The van der Waals surface area contributed by atoms with Crippen molar-refractivity contribution in [3.8, 4) is 11.2 Å². The van der Waals surface area contributed by atoms with Gasteiger partial charge in [0.2, 0.25) is 9.84 Å². The van der Waals surface area contributed by atoms with Crippen LogP contribution >= 0.6 is 0 Å². The lowest BCUT2D eigenvalue weighted by Crippen LogP contribution is -2.19. The zero-order chi connectivity index (χ0) is 18.5. The third kappa shape index (κ3) is 6.64. The van der Waals surface area contributed by atoms with Crippen LogP contribution in [-0.2, 0) is 26.1 Å². The molecule has 0 saturated carbocycles. The third-order valence-electron chi connectivity index (χ3n) is 3.14. The van der Waals surface area contributed by atoms with E-state index in [-0.39, 0.29) is 12.0 Å². The third-order valence-corrected chi connectivity index (χ3v) is 7.06. The highest BCUT2D eigenvalue weighted by atomic mass is 32.3. The first-order valence-electron chi connectivity index (χ1n) is 7.11. The molecule has 0 radical (unpaired) electrons. The van der Waals surface area contributed by atoms with Gasteiger partial charge in [0.1, 0.15) is 11.6 Å². The van der Waals surface area contributed by atoms with Crippen LogP contribution in [0.3, 0.4) is 0 Å². The molecule has 0 amide bonds. The molecular weight excluding hydrogens is 370 g/mol. The molecule has 0 aliphatic rings. The van der Waals surface area contributed by atoms with Gasteiger partial charge in [-0.15, -0.1) is 0 Å². The summed E-state index contributed by atoms with van der Waals surface area (Å²) in [6.07, 6.45) is 0.0729. The van der Waals surface area contributed by atoms with Gasteiger partial charge in [-0.1, -0.05) is 12.1 Å². The van der Waals surface area contributed by atoms with E-state index in [1.165, 1.54) is 36.4 Å². The van der Waals surface area contributed by atoms with Crippen molar-refractivity contribution in [3.05, 3.63) is 71.3 Å². The molecule has 0 atom stereocenters. The first kappa shape index (κ1) is 19.1. The minimum atomic E-state index is -4.16. The second-order valence-corrected chi connectivity index (χ2v) is 9.56.